The highest BCUT2D eigenvalue weighted by Crippen LogP contribution is 2.40. The lowest BCUT2D eigenvalue weighted by molar-refractivity contribution is -0.141. The molecule has 0 saturated carbocycles. The summed E-state index contributed by atoms with van der Waals surface area (Å²) in [5, 5.41) is 0. The van der Waals surface area contributed by atoms with E-state index in [0.29, 0.717) is 30.1 Å². The number of methoxy groups -OCH3 is 1. The van der Waals surface area contributed by atoms with Gasteiger partial charge >= 0.3 is 5.97 Å². The maximum absolute atomic E-state index is 15.4. The number of aromatic nitrogens is 1. The number of rotatable bonds is 6. The normalized spacial score (nSPS) is 21.4. The molecule has 206 valence electrons. The molecule has 0 amide bonds. The van der Waals surface area contributed by atoms with Gasteiger partial charge in [-0.15, -0.1) is 0 Å². The number of halogens is 1. The van der Waals surface area contributed by atoms with Crippen LogP contribution in [0, 0.1) is 13.8 Å². The van der Waals surface area contributed by atoms with Gasteiger partial charge in [0.2, 0.25) is 0 Å². The van der Waals surface area contributed by atoms with E-state index in [9.17, 15) is 4.79 Å². The smallest absolute Gasteiger partial charge is 0.306 e. The van der Waals surface area contributed by atoms with E-state index in [1.165, 1.54) is 13.2 Å². The summed E-state index contributed by atoms with van der Waals surface area (Å²) < 4.78 is 32.3. The fourth-order valence-corrected chi connectivity index (χ4v) is 5.52. The summed E-state index contributed by atoms with van der Waals surface area (Å²) in [6.07, 6.45) is 6.99. The van der Waals surface area contributed by atoms with Gasteiger partial charge in [0.15, 0.2) is 0 Å². The van der Waals surface area contributed by atoms with Crippen molar-refractivity contribution in [3.05, 3.63) is 107 Å². The number of fused-ring (bicyclic) bond motifs is 1. The molecule has 40 heavy (non-hydrogen) atoms. The van der Waals surface area contributed by atoms with E-state index >= 15 is 4.39 Å². The molecule has 2 aliphatic rings. The number of nitrogens with zero attached hydrogens (tertiary/aromatic N) is 1. The van der Waals surface area contributed by atoms with Crippen LogP contribution in [0.2, 0.25) is 0 Å². The van der Waals surface area contributed by atoms with E-state index in [1.807, 2.05) is 36.4 Å². The predicted molar refractivity (Wildman–Crippen MR) is 155 cm³/mol. The summed E-state index contributed by atoms with van der Waals surface area (Å²) in [6, 6.07) is 15.8. The number of carbonyl (C=O) groups is 1. The van der Waals surface area contributed by atoms with Gasteiger partial charge in [-0.1, -0.05) is 43.0 Å². The molecule has 3 aromatic rings. The summed E-state index contributed by atoms with van der Waals surface area (Å²) in [6.45, 7) is 8.63. The Morgan fingerprint density at radius 2 is 1.93 bits per heavy atom. The van der Waals surface area contributed by atoms with E-state index in [-0.39, 0.29) is 18.3 Å². The topological polar surface area (TPSA) is 57.7 Å². The monoisotopic (exact) mass is 539 g/mol. The van der Waals surface area contributed by atoms with Crippen LogP contribution in [-0.2, 0) is 9.53 Å². The first-order valence-corrected chi connectivity index (χ1v) is 13.6. The van der Waals surface area contributed by atoms with Gasteiger partial charge in [-0.05, 0) is 68.0 Å². The number of aryl methyl sites for hydroxylation is 2. The first kappa shape index (κ1) is 27.4. The molecule has 1 aliphatic heterocycles. The van der Waals surface area contributed by atoms with Gasteiger partial charge in [0.25, 0.3) is 0 Å². The van der Waals surface area contributed by atoms with Crippen LogP contribution in [0.1, 0.15) is 53.9 Å². The molecule has 0 saturated heterocycles. The van der Waals surface area contributed by atoms with Gasteiger partial charge in [-0.3, -0.25) is 9.78 Å². The summed E-state index contributed by atoms with van der Waals surface area (Å²) in [4.78, 5) is 16.5. The highest BCUT2D eigenvalue weighted by molar-refractivity contribution is 5.82. The van der Waals surface area contributed by atoms with E-state index in [2.05, 4.69) is 38.6 Å². The Morgan fingerprint density at radius 1 is 1.12 bits per heavy atom. The minimum absolute atomic E-state index is 0.0536. The van der Waals surface area contributed by atoms with Crippen molar-refractivity contribution in [3.63, 3.8) is 0 Å². The van der Waals surface area contributed by atoms with Crippen LogP contribution >= 0.6 is 0 Å². The third-order valence-electron chi connectivity index (χ3n) is 7.69. The maximum Gasteiger partial charge on any atom is 0.306 e. The standard InChI is InChI=1S/C34H34FNO4/c1-21-8-5-9-22(2)33(21)34-28(11-7-17-36-34)24-10-6-12-30(23(3)29(35)16-13-24)40-26-14-15-27-25(18-32(37)38-4)20-39-31(27)19-26/h5,7-9,11,13-17,19,25,30H,3,6,10,12,18,20H2,1-2,4H3/b24-13+,29-16+/t25-,30-/m1/s1. The van der Waals surface area contributed by atoms with Crippen molar-refractivity contribution in [3.8, 4) is 22.8 Å². The lowest BCUT2D eigenvalue weighted by atomic mass is 9.91. The van der Waals surface area contributed by atoms with Crippen molar-refractivity contribution < 1.29 is 23.4 Å². The average Bonchev–Trinajstić information content (AvgIpc) is 3.37. The highest BCUT2D eigenvalue weighted by Gasteiger charge is 2.28. The lowest BCUT2D eigenvalue weighted by Crippen LogP contribution is -2.19. The molecule has 1 aliphatic carbocycles. The molecule has 0 radical (unpaired) electrons. The van der Waals surface area contributed by atoms with Gasteiger partial charge in [0.05, 0.1) is 25.8 Å². The molecule has 2 aromatic carbocycles. The first-order chi connectivity index (χ1) is 19.4. The second-order valence-corrected chi connectivity index (χ2v) is 10.4. The minimum atomic E-state index is -0.527. The summed E-state index contributed by atoms with van der Waals surface area (Å²) in [7, 11) is 1.38. The molecule has 6 heteroatoms. The van der Waals surface area contributed by atoms with Crippen molar-refractivity contribution in [2.45, 2.75) is 51.6 Å². The fourth-order valence-electron chi connectivity index (χ4n) is 5.52. The number of ether oxygens (including phenoxy) is 3. The molecule has 5 rings (SSSR count). The third-order valence-corrected chi connectivity index (χ3v) is 7.69. The van der Waals surface area contributed by atoms with Crippen LogP contribution in [0.5, 0.6) is 11.5 Å². The molecule has 1 aromatic heterocycles. The molecule has 2 atom stereocenters. The second-order valence-electron chi connectivity index (χ2n) is 10.4. The maximum atomic E-state index is 15.4. The quantitative estimate of drug-likeness (QED) is 0.299. The van der Waals surface area contributed by atoms with Crippen molar-refractivity contribution in [1.82, 2.24) is 4.98 Å². The highest BCUT2D eigenvalue weighted by atomic mass is 19.1. The number of hydrogen-bond donors (Lipinski definition) is 0. The van der Waals surface area contributed by atoms with E-state index in [1.54, 1.807) is 6.20 Å². The van der Waals surface area contributed by atoms with Gasteiger partial charge in [-0.25, -0.2) is 4.39 Å². The second kappa shape index (κ2) is 11.9. The molecule has 0 fully saturated rings. The number of allylic oxidation sites excluding steroid dienone is 3. The SMILES string of the molecule is C=C1/C(F)=C\C=C(\c2cccnc2-c2c(C)cccc2C)CCC[C@H]1Oc1ccc2c(c1)OC[C@H]2CC(=O)OC. The molecule has 0 N–H and O–H groups in total. The van der Waals surface area contributed by atoms with Crippen molar-refractivity contribution >= 4 is 11.5 Å². The molecular weight excluding hydrogens is 505 g/mol. The molecule has 0 spiro atoms. The number of pyridine rings is 1. The Labute approximate surface area is 235 Å². The number of carbonyl (C=O) groups excluding carboxylic acids is 1. The minimum Gasteiger partial charge on any atom is -0.492 e. The number of hydrogen-bond acceptors (Lipinski definition) is 5. The van der Waals surface area contributed by atoms with Crippen LogP contribution in [0.4, 0.5) is 4.39 Å². The zero-order valence-corrected chi connectivity index (χ0v) is 23.2. The van der Waals surface area contributed by atoms with Crippen molar-refractivity contribution in [2.24, 2.45) is 0 Å². The average molecular weight is 540 g/mol. The van der Waals surface area contributed by atoms with Gasteiger partial charge in [0, 0.05) is 40.4 Å². The molecule has 5 nitrogen and oxygen atoms in total. The Kier molecular flexibility index (Phi) is 8.15. The Hall–Kier alpha value is -4.19. The van der Waals surface area contributed by atoms with Gasteiger partial charge < -0.3 is 14.2 Å². The Morgan fingerprint density at radius 3 is 2.70 bits per heavy atom. The summed E-state index contributed by atoms with van der Waals surface area (Å²) >= 11 is 0. The van der Waals surface area contributed by atoms with Crippen LogP contribution < -0.4 is 9.47 Å². The van der Waals surface area contributed by atoms with Crippen molar-refractivity contribution in [1.29, 1.82) is 0 Å². The van der Waals surface area contributed by atoms with Gasteiger partial charge in [0.1, 0.15) is 23.4 Å². The zero-order valence-electron chi connectivity index (χ0n) is 23.2. The van der Waals surface area contributed by atoms with Crippen LogP contribution in [0.3, 0.4) is 0 Å². The lowest BCUT2D eigenvalue weighted by Gasteiger charge is -2.21. The number of esters is 1. The van der Waals surface area contributed by atoms with E-state index in [4.69, 9.17) is 19.2 Å². The predicted octanol–water partition coefficient (Wildman–Crippen LogP) is 7.83. The summed E-state index contributed by atoms with van der Waals surface area (Å²) in [5.41, 5.74) is 7.62. The Bertz CT molecular complexity index is 1490. The van der Waals surface area contributed by atoms with Gasteiger partial charge in [-0.2, -0.15) is 0 Å². The number of benzene rings is 2. The largest absolute Gasteiger partial charge is 0.492 e. The Balaban J connectivity index is 1.35. The summed E-state index contributed by atoms with van der Waals surface area (Å²) in [5.74, 6) is 0.523. The molecule has 2 heterocycles. The van der Waals surface area contributed by atoms with E-state index < -0.39 is 11.9 Å². The molecular formula is C34H34FNO4. The fraction of sp³-hybridized carbons (Fsp3) is 0.294. The zero-order chi connectivity index (χ0) is 28.2. The molecule has 0 unspecified atom stereocenters. The first-order valence-electron chi connectivity index (χ1n) is 13.6. The van der Waals surface area contributed by atoms with Crippen LogP contribution in [0.25, 0.3) is 16.8 Å². The molecule has 0 bridgehead atoms. The van der Waals surface area contributed by atoms with E-state index in [0.717, 1.165) is 51.9 Å². The van der Waals surface area contributed by atoms with Crippen molar-refractivity contribution in [2.75, 3.05) is 13.7 Å². The third kappa shape index (κ3) is 5.71. The van der Waals surface area contributed by atoms with Crippen LogP contribution in [-0.4, -0.2) is 30.8 Å². The van der Waals surface area contributed by atoms with Crippen LogP contribution in [0.15, 0.2) is 84.9 Å².